The van der Waals surface area contributed by atoms with Gasteiger partial charge in [-0.1, -0.05) is 0 Å². The van der Waals surface area contributed by atoms with Crippen LogP contribution < -0.4 is 5.73 Å². The van der Waals surface area contributed by atoms with Gasteiger partial charge < -0.3 is 15.6 Å². The Labute approximate surface area is 133 Å². The number of ether oxygens (including phenoxy) is 1. The Bertz CT molecular complexity index is 355. The molecule has 126 valence electrons. The fourth-order valence-corrected chi connectivity index (χ4v) is 5.38. The highest BCUT2D eigenvalue weighted by Crippen LogP contribution is 2.59. The van der Waals surface area contributed by atoms with E-state index >= 15 is 0 Å². The Hall–Kier alpha value is -0.650. The molecule has 0 aromatic heterocycles. The minimum atomic E-state index is -0.508. The van der Waals surface area contributed by atoms with E-state index in [-0.39, 0.29) is 5.41 Å². The Kier molecular flexibility index (Phi) is 5.05. The van der Waals surface area contributed by atoms with Crippen molar-refractivity contribution in [2.24, 2.45) is 28.9 Å². The summed E-state index contributed by atoms with van der Waals surface area (Å²) >= 11 is 0. The number of carboxylic acids is 1. The quantitative estimate of drug-likeness (QED) is 0.827. The number of hydrogen-bond donors (Lipinski definition) is 2. The van der Waals surface area contributed by atoms with Crippen LogP contribution in [-0.4, -0.2) is 55.4 Å². The Balaban J connectivity index is 0.000000142. The lowest BCUT2D eigenvalue weighted by Crippen LogP contribution is -2.49. The van der Waals surface area contributed by atoms with E-state index in [1.54, 1.807) is 0 Å². The average molecular weight is 310 g/mol. The third-order valence-corrected chi connectivity index (χ3v) is 6.04. The summed E-state index contributed by atoms with van der Waals surface area (Å²) in [6.45, 7) is 5.64. The maximum absolute atomic E-state index is 11.3. The van der Waals surface area contributed by atoms with Gasteiger partial charge in [0.05, 0.1) is 18.6 Å². The van der Waals surface area contributed by atoms with E-state index in [1.807, 2.05) is 0 Å². The second kappa shape index (κ2) is 6.85. The number of nitrogens with two attached hydrogens (primary N) is 1. The molecular weight excluding hydrogens is 280 g/mol. The number of morpholine rings is 1. The molecule has 0 aromatic rings. The summed E-state index contributed by atoms with van der Waals surface area (Å²) < 4.78 is 5.16. The van der Waals surface area contributed by atoms with Crippen LogP contribution in [0.2, 0.25) is 0 Å². The largest absolute Gasteiger partial charge is 0.481 e. The first kappa shape index (κ1) is 16.2. The van der Waals surface area contributed by atoms with Crippen LogP contribution in [0.1, 0.15) is 38.5 Å². The predicted octanol–water partition coefficient (Wildman–Crippen LogP) is 1.56. The first-order valence-electron chi connectivity index (χ1n) is 8.85. The molecule has 5 aliphatic rings. The predicted molar refractivity (Wildman–Crippen MR) is 84.6 cm³/mol. The molecule has 22 heavy (non-hydrogen) atoms. The van der Waals surface area contributed by atoms with E-state index in [2.05, 4.69) is 4.90 Å². The molecule has 5 rings (SSSR count). The molecule has 4 aliphatic carbocycles. The summed E-state index contributed by atoms with van der Waals surface area (Å²) in [4.78, 5) is 13.6. The van der Waals surface area contributed by atoms with Gasteiger partial charge in [-0.2, -0.15) is 0 Å². The lowest BCUT2D eigenvalue weighted by molar-refractivity contribution is -0.164. The molecule has 0 unspecified atom stereocenters. The standard InChI is InChI=1S/C11H16O2.C6H14N2O/c12-10(13)11-4-7-1-8(5-11)3-9(2-7)6-11;7-1-2-8-3-5-9-6-4-8/h7-9H,1-6H2,(H,12,13);1-7H2. The van der Waals surface area contributed by atoms with Crippen LogP contribution in [0.4, 0.5) is 0 Å². The topological polar surface area (TPSA) is 75.8 Å². The zero-order valence-corrected chi connectivity index (χ0v) is 13.5. The lowest BCUT2D eigenvalue weighted by atomic mass is 9.49. The maximum atomic E-state index is 11.3. The van der Waals surface area contributed by atoms with Gasteiger partial charge in [0.15, 0.2) is 0 Å². The van der Waals surface area contributed by atoms with Gasteiger partial charge in [-0.25, -0.2) is 0 Å². The number of rotatable bonds is 3. The van der Waals surface area contributed by atoms with E-state index in [1.165, 1.54) is 19.3 Å². The molecule has 5 heteroatoms. The van der Waals surface area contributed by atoms with Crippen molar-refractivity contribution in [2.75, 3.05) is 39.4 Å². The Morgan fingerprint density at radius 3 is 2.00 bits per heavy atom. The second-order valence-electron chi connectivity index (χ2n) is 7.75. The lowest BCUT2D eigenvalue weighted by Gasteiger charge is -2.54. The summed E-state index contributed by atoms with van der Waals surface area (Å²) in [5.41, 5.74) is 5.09. The molecule has 0 amide bonds. The molecular formula is C17H30N2O3. The summed E-state index contributed by atoms with van der Waals surface area (Å²) in [5.74, 6) is 1.75. The molecule has 0 atom stereocenters. The van der Waals surface area contributed by atoms with Crippen molar-refractivity contribution in [2.45, 2.75) is 38.5 Å². The van der Waals surface area contributed by atoms with Crippen LogP contribution in [0.5, 0.6) is 0 Å². The number of aliphatic carboxylic acids is 1. The van der Waals surface area contributed by atoms with E-state index < -0.39 is 5.97 Å². The van der Waals surface area contributed by atoms with Crippen molar-refractivity contribution in [3.63, 3.8) is 0 Å². The fourth-order valence-electron chi connectivity index (χ4n) is 5.38. The number of carbonyl (C=O) groups is 1. The van der Waals surface area contributed by atoms with Crippen LogP contribution in [0.3, 0.4) is 0 Å². The normalized spacial score (nSPS) is 40.1. The van der Waals surface area contributed by atoms with Gasteiger partial charge in [-0.3, -0.25) is 9.69 Å². The van der Waals surface area contributed by atoms with Crippen LogP contribution in [-0.2, 0) is 9.53 Å². The minimum Gasteiger partial charge on any atom is -0.481 e. The van der Waals surface area contributed by atoms with E-state index in [9.17, 15) is 9.90 Å². The Morgan fingerprint density at radius 2 is 1.59 bits per heavy atom. The number of hydrogen-bond acceptors (Lipinski definition) is 4. The highest BCUT2D eigenvalue weighted by molar-refractivity contribution is 5.75. The van der Waals surface area contributed by atoms with Crippen molar-refractivity contribution >= 4 is 5.97 Å². The molecule has 4 bridgehead atoms. The fraction of sp³-hybridized carbons (Fsp3) is 0.941. The van der Waals surface area contributed by atoms with Gasteiger partial charge in [0, 0.05) is 26.2 Å². The first-order valence-corrected chi connectivity index (χ1v) is 8.85. The van der Waals surface area contributed by atoms with E-state index in [0.29, 0.717) is 0 Å². The summed E-state index contributed by atoms with van der Waals surface area (Å²) in [5, 5.41) is 9.28. The van der Waals surface area contributed by atoms with E-state index in [0.717, 1.165) is 76.4 Å². The second-order valence-corrected chi connectivity index (χ2v) is 7.75. The monoisotopic (exact) mass is 310 g/mol. The van der Waals surface area contributed by atoms with Gasteiger partial charge in [0.1, 0.15) is 0 Å². The molecule has 5 nitrogen and oxygen atoms in total. The molecule has 0 aromatic carbocycles. The zero-order valence-electron chi connectivity index (χ0n) is 13.5. The number of nitrogens with zero attached hydrogens (tertiary/aromatic N) is 1. The third kappa shape index (κ3) is 3.47. The van der Waals surface area contributed by atoms with Crippen LogP contribution in [0.25, 0.3) is 0 Å². The minimum absolute atomic E-state index is 0.283. The zero-order chi connectivity index (χ0) is 15.6. The first-order chi connectivity index (χ1) is 10.6. The van der Waals surface area contributed by atoms with Crippen molar-refractivity contribution in [1.29, 1.82) is 0 Å². The third-order valence-electron chi connectivity index (χ3n) is 6.04. The molecule has 1 aliphatic heterocycles. The smallest absolute Gasteiger partial charge is 0.309 e. The van der Waals surface area contributed by atoms with Gasteiger partial charge in [0.2, 0.25) is 0 Å². The van der Waals surface area contributed by atoms with Crippen LogP contribution in [0, 0.1) is 23.2 Å². The molecule has 5 fully saturated rings. The van der Waals surface area contributed by atoms with Gasteiger partial charge in [-0.05, 0) is 56.3 Å². The number of carboxylic acid groups (broad SMARTS) is 1. The molecule has 1 saturated heterocycles. The van der Waals surface area contributed by atoms with Crippen molar-refractivity contribution < 1.29 is 14.6 Å². The van der Waals surface area contributed by atoms with Crippen molar-refractivity contribution in [3.8, 4) is 0 Å². The van der Waals surface area contributed by atoms with Crippen molar-refractivity contribution in [1.82, 2.24) is 4.90 Å². The van der Waals surface area contributed by atoms with Gasteiger partial charge in [0.25, 0.3) is 0 Å². The van der Waals surface area contributed by atoms with Crippen LogP contribution in [0.15, 0.2) is 0 Å². The molecule has 4 saturated carbocycles. The van der Waals surface area contributed by atoms with Crippen molar-refractivity contribution in [3.05, 3.63) is 0 Å². The summed E-state index contributed by atoms with van der Waals surface area (Å²) in [7, 11) is 0. The molecule has 3 N–H and O–H groups in total. The molecule has 0 spiro atoms. The molecule has 0 radical (unpaired) electrons. The van der Waals surface area contributed by atoms with Crippen LogP contribution >= 0.6 is 0 Å². The highest BCUT2D eigenvalue weighted by Gasteiger charge is 2.54. The summed E-state index contributed by atoms with van der Waals surface area (Å²) in [6, 6.07) is 0. The molecule has 1 heterocycles. The average Bonchev–Trinajstić information content (AvgIpc) is 2.48. The Morgan fingerprint density at radius 1 is 1.09 bits per heavy atom. The van der Waals surface area contributed by atoms with Gasteiger partial charge >= 0.3 is 5.97 Å². The van der Waals surface area contributed by atoms with Gasteiger partial charge in [-0.15, -0.1) is 0 Å². The summed E-state index contributed by atoms with van der Waals surface area (Å²) in [6.07, 6.45) is 6.92. The maximum Gasteiger partial charge on any atom is 0.309 e. The SMILES string of the molecule is NCCN1CCOCC1.O=C(O)C12CC3CC(CC(C3)C1)C2. The van der Waals surface area contributed by atoms with E-state index in [4.69, 9.17) is 10.5 Å². The highest BCUT2D eigenvalue weighted by atomic mass is 16.5.